The first-order valence-electron chi connectivity index (χ1n) is 10.8. The van der Waals surface area contributed by atoms with Gasteiger partial charge in [-0.3, -0.25) is 4.39 Å². The van der Waals surface area contributed by atoms with E-state index in [1.54, 1.807) is 35.0 Å². The Labute approximate surface area is 222 Å². The van der Waals surface area contributed by atoms with E-state index in [0.29, 0.717) is 27.6 Å². The molecule has 9 heteroatoms. The van der Waals surface area contributed by atoms with Crippen LogP contribution < -0.4 is 4.74 Å². The third-order valence-electron chi connectivity index (χ3n) is 5.61. The fourth-order valence-corrected chi connectivity index (χ4v) is 4.10. The Morgan fingerprint density at radius 3 is 2.35 bits per heavy atom. The molecule has 0 unspecified atom stereocenters. The van der Waals surface area contributed by atoms with Gasteiger partial charge in [-0.15, -0.1) is 12.1 Å². The Bertz CT molecular complexity index is 1770. The number of fused-ring (bicyclic) bond motifs is 3. The van der Waals surface area contributed by atoms with Gasteiger partial charge in [-0.1, -0.05) is 17.5 Å². The maximum Gasteiger partial charge on any atom is 2.00 e. The molecule has 0 N–H and O–H groups in total. The number of pyridine rings is 2. The molecule has 0 saturated heterocycles. The molecule has 3 aromatic heterocycles. The maximum absolute atomic E-state index is 15.4. The molecule has 0 saturated carbocycles. The molecule has 0 bridgehead atoms. The van der Waals surface area contributed by atoms with E-state index in [4.69, 9.17) is 4.74 Å². The van der Waals surface area contributed by atoms with Gasteiger partial charge in [-0.05, 0) is 59.2 Å². The molecule has 6 aromatic rings. The summed E-state index contributed by atoms with van der Waals surface area (Å²) < 4.78 is 65.1. The van der Waals surface area contributed by atoms with Crippen molar-refractivity contribution in [1.82, 2.24) is 14.5 Å². The maximum atomic E-state index is 15.4. The van der Waals surface area contributed by atoms with Crippen molar-refractivity contribution in [1.29, 1.82) is 0 Å². The van der Waals surface area contributed by atoms with Crippen molar-refractivity contribution < 1.29 is 43.4 Å². The van der Waals surface area contributed by atoms with Crippen molar-refractivity contribution in [2.24, 2.45) is 0 Å². The first kappa shape index (κ1) is 24.7. The normalized spacial score (nSPS) is 11.0. The van der Waals surface area contributed by atoms with Crippen LogP contribution >= 0.6 is 0 Å². The first-order valence-corrected chi connectivity index (χ1v) is 10.8. The third kappa shape index (κ3) is 4.49. The average molecular weight is 679 g/mol. The van der Waals surface area contributed by atoms with Gasteiger partial charge in [-0.2, -0.15) is 17.7 Å². The van der Waals surface area contributed by atoms with Crippen molar-refractivity contribution in [2.45, 2.75) is 0 Å². The summed E-state index contributed by atoms with van der Waals surface area (Å²) in [6.45, 7) is 0. The van der Waals surface area contributed by atoms with Crippen LogP contribution in [0.2, 0.25) is 0 Å². The summed E-state index contributed by atoms with van der Waals surface area (Å²) in [6, 6.07) is 21.1. The van der Waals surface area contributed by atoms with Gasteiger partial charge in [0, 0.05) is 29.5 Å². The summed E-state index contributed by atoms with van der Waals surface area (Å²) in [5, 5.41) is 0.870. The largest absolute Gasteiger partial charge is 2.00 e. The predicted molar refractivity (Wildman–Crippen MR) is 126 cm³/mol. The van der Waals surface area contributed by atoms with Crippen molar-refractivity contribution in [3.8, 4) is 28.6 Å². The summed E-state index contributed by atoms with van der Waals surface area (Å²) in [5.74, 6) is -2.77. The van der Waals surface area contributed by atoms with Gasteiger partial charge in [0.25, 0.3) is 5.88 Å². The van der Waals surface area contributed by atoms with E-state index in [9.17, 15) is 13.2 Å². The van der Waals surface area contributed by atoms with Crippen LogP contribution in [0.4, 0.5) is 17.6 Å². The van der Waals surface area contributed by atoms with Crippen molar-refractivity contribution in [3.05, 3.63) is 115 Å². The van der Waals surface area contributed by atoms with Crippen molar-refractivity contribution in [2.75, 3.05) is 0 Å². The molecule has 0 aliphatic carbocycles. The number of benzene rings is 3. The molecule has 184 valence electrons. The van der Waals surface area contributed by atoms with E-state index in [-0.39, 0.29) is 43.8 Å². The minimum atomic E-state index is -0.754. The zero-order chi connectivity index (χ0) is 24.8. The molecule has 4 nitrogen and oxygen atoms in total. The van der Waals surface area contributed by atoms with Crippen LogP contribution in [0, 0.1) is 35.4 Å². The zero-order valence-corrected chi connectivity index (χ0v) is 20.9. The topological polar surface area (TPSA) is 39.9 Å². The van der Waals surface area contributed by atoms with Crippen LogP contribution in [0.1, 0.15) is 0 Å². The second-order valence-electron chi connectivity index (χ2n) is 7.91. The zero-order valence-electron chi connectivity index (χ0n) is 18.6. The van der Waals surface area contributed by atoms with Crippen LogP contribution in [-0.4, -0.2) is 14.5 Å². The number of aromatic nitrogens is 3. The van der Waals surface area contributed by atoms with E-state index in [2.05, 4.69) is 22.1 Å². The number of nitrogens with zero attached hydrogens (tertiary/aromatic N) is 3. The molecule has 3 aromatic carbocycles. The smallest absolute Gasteiger partial charge is 0.458 e. The molecule has 0 atom stereocenters. The first-order chi connectivity index (χ1) is 17.5. The standard InChI is InChI=1S/C28H13F4N3O.Pt/c29-17-6-7-25-21(13-17)22-14-24(32)20(15-26(22)35(25)27-5-1-2-8-33-27)16-10-18(30)12-19(11-16)36-28-23(31)4-3-9-34-28;/h1-10,12-14H;/q-2;+2. The summed E-state index contributed by atoms with van der Waals surface area (Å²) in [7, 11) is 0. The molecular weight excluding hydrogens is 665 g/mol. The summed E-state index contributed by atoms with van der Waals surface area (Å²) >= 11 is 0. The van der Waals surface area contributed by atoms with Crippen molar-refractivity contribution >= 4 is 21.8 Å². The molecule has 3 heterocycles. The summed E-state index contributed by atoms with van der Waals surface area (Å²) in [4.78, 5) is 8.16. The Kier molecular flexibility index (Phi) is 6.52. The van der Waals surface area contributed by atoms with Crippen LogP contribution in [0.5, 0.6) is 11.6 Å². The Morgan fingerprint density at radius 2 is 1.57 bits per heavy atom. The molecular formula is C28H13F4N3OPt. The minimum Gasteiger partial charge on any atom is -0.458 e. The molecule has 0 amide bonds. The van der Waals surface area contributed by atoms with Crippen LogP contribution in [0.3, 0.4) is 0 Å². The van der Waals surface area contributed by atoms with Crippen molar-refractivity contribution in [3.63, 3.8) is 0 Å². The number of hydrogen-bond donors (Lipinski definition) is 0. The number of halogens is 4. The Balaban J connectivity index is 0.00000280. The van der Waals surface area contributed by atoms with Gasteiger partial charge < -0.3 is 9.30 Å². The fourth-order valence-electron chi connectivity index (χ4n) is 4.10. The van der Waals surface area contributed by atoms with E-state index >= 15 is 4.39 Å². The number of rotatable bonds is 4. The molecule has 37 heavy (non-hydrogen) atoms. The number of hydrogen-bond acceptors (Lipinski definition) is 3. The van der Waals surface area contributed by atoms with Gasteiger partial charge in [-0.25, -0.2) is 28.7 Å². The Hall–Kier alpha value is -4.03. The van der Waals surface area contributed by atoms with E-state index in [1.165, 1.54) is 30.5 Å². The predicted octanol–water partition coefficient (Wildman–Crippen LogP) is 7.19. The van der Waals surface area contributed by atoms with E-state index in [1.807, 2.05) is 0 Å². The SMILES string of the molecule is Fc1cc(Oc2ncccc2F)[c-]c(-c2[c-]c3c(cc2F)c2cc(F)ccc2n3-c2ccccn2)c1.[Pt+2]. The average Bonchev–Trinajstić information content (AvgIpc) is 3.17. The molecule has 0 aliphatic rings. The second-order valence-corrected chi connectivity index (χ2v) is 7.91. The van der Waals surface area contributed by atoms with Gasteiger partial charge in [0.05, 0.1) is 0 Å². The quantitative estimate of drug-likeness (QED) is 0.147. The van der Waals surface area contributed by atoms with Gasteiger partial charge in [0.2, 0.25) is 0 Å². The molecule has 0 aliphatic heterocycles. The van der Waals surface area contributed by atoms with Crippen LogP contribution in [0.25, 0.3) is 38.8 Å². The molecule has 0 fully saturated rings. The van der Waals surface area contributed by atoms with Crippen LogP contribution in [0.15, 0.2) is 79.1 Å². The van der Waals surface area contributed by atoms with E-state index < -0.39 is 23.3 Å². The third-order valence-corrected chi connectivity index (χ3v) is 5.61. The monoisotopic (exact) mass is 678 g/mol. The number of ether oxygens (including phenoxy) is 1. The summed E-state index contributed by atoms with van der Waals surface area (Å²) in [6.07, 6.45) is 2.92. The fraction of sp³-hybridized carbons (Fsp3) is 0. The molecule has 0 radical (unpaired) electrons. The Morgan fingerprint density at radius 1 is 0.730 bits per heavy atom. The second kappa shape index (κ2) is 9.79. The molecule has 6 rings (SSSR count). The van der Waals surface area contributed by atoms with Crippen LogP contribution in [-0.2, 0) is 21.1 Å². The van der Waals surface area contributed by atoms with Gasteiger partial charge >= 0.3 is 21.1 Å². The van der Waals surface area contributed by atoms with Gasteiger partial charge in [0.15, 0.2) is 5.82 Å². The van der Waals surface area contributed by atoms with E-state index in [0.717, 1.165) is 18.2 Å². The molecule has 0 spiro atoms. The summed E-state index contributed by atoms with van der Waals surface area (Å²) in [5.41, 5.74) is 0.885. The van der Waals surface area contributed by atoms with Gasteiger partial charge in [0.1, 0.15) is 11.6 Å². The minimum absolute atomic E-state index is 0.